The van der Waals surface area contributed by atoms with Crippen LogP contribution in [0.3, 0.4) is 0 Å². The summed E-state index contributed by atoms with van der Waals surface area (Å²) in [6, 6.07) is 14.7. The van der Waals surface area contributed by atoms with Crippen molar-refractivity contribution >= 4 is 51.3 Å². The highest BCUT2D eigenvalue weighted by Gasteiger charge is 2.27. The van der Waals surface area contributed by atoms with Gasteiger partial charge in [-0.1, -0.05) is 30.3 Å². The average Bonchev–Trinajstić information content (AvgIpc) is 3.28. The number of hydrogen-bond acceptors (Lipinski definition) is 7. The summed E-state index contributed by atoms with van der Waals surface area (Å²) in [5.41, 5.74) is 1.18. The molecule has 1 aromatic heterocycles. The number of rotatable bonds is 6. The molecule has 0 spiro atoms. The van der Waals surface area contributed by atoms with Crippen LogP contribution in [0.1, 0.15) is 25.5 Å². The Morgan fingerprint density at radius 2 is 1.85 bits per heavy atom. The fourth-order valence-electron chi connectivity index (χ4n) is 3.20. The monoisotopic (exact) mass is 466 g/mol. The number of thiazole rings is 1. The molecule has 2 heterocycles. The standard InChI is InChI=1S/C23H19FN4O4S/c1-15(29)27(20-10-6-5-9-18(20)24)23-25-16(14-33-23)13-32-22(31)19-11-12-21(30)28(26-19)17-7-3-2-4-8-17/h2-10,14H,11-13H2,1H3. The largest absolute Gasteiger partial charge is 0.455 e. The number of ether oxygens (including phenoxy) is 1. The van der Waals surface area contributed by atoms with Gasteiger partial charge in [0.1, 0.15) is 18.1 Å². The zero-order chi connectivity index (χ0) is 23.4. The lowest BCUT2D eigenvalue weighted by molar-refractivity contribution is -0.137. The van der Waals surface area contributed by atoms with Gasteiger partial charge in [-0.05, 0) is 24.3 Å². The smallest absolute Gasteiger partial charge is 0.354 e. The highest BCUT2D eigenvalue weighted by atomic mass is 32.1. The van der Waals surface area contributed by atoms with E-state index in [4.69, 9.17) is 4.74 Å². The molecule has 8 nitrogen and oxygen atoms in total. The van der Waals surface area contributed by atoms with E-state index in [0.29, 0.717) is 11.4 Å². The fraction of sp³-hybridized carbons (Fsp3) is 0.174. The number of aromatic nitrogens is 1. The number of nitrogens with zero attached hydrogens (tertiary/aromatic N) is 4. The Balaban J connectivity index is 1.46. The van der Waals surface area contributed by atoms with E-state index in [9.17, 15) is 18.8 Å². The summed E-state index contributed by atoms with van der Waals surface area (Å²) in [4.78, 5) is 42.4. The van der Waals surface area contributed by atoms with Crippen LogP contribution in [0.5, 0.6) is 0 Å². The fourth-order valence-corrected chi connectivity index (χ4v) is 4.06. The Morgan fingerprint density at radius 1 is 1.12 bits per heavy atom. The minimum Gasteiger partial charge on any atom is -0.455 e. The third-order valence-electron chi connectivity index (χ3n) is 4.76. The van der Waals surface area contributed by atoms with Crippen molar-refractivity contribution in [3.63, 3.8) is 0 Å². The molecule has 1 aliphatic rings. The summed E-state index contributed by atoms with van der Waals surface area (Å²) < 4.78 is 19.5. The first-order chi connectivity index (χ1) is 15.9. The van der Waals surface area contributed by atoms with Crippen LogP contribution >= 0.6 is 11.3 Å². The van der Waals surface area contributed by atoms with Gasteiger partial charge in [0.2, 0.25) is 11.8 Å². The van der Waals surface area contributed by atoms with Crippen molar-refractivity contribution in [2.45, 2.75) is 26.4 Å². The molecule has 2 aromatic carbocycles. The maximum Gasteiger partial charge on any atom is 0.354 e. The molecule has 0 atom stereocenters. The summed E-state index contributed by atoms with van der Waals surface area (Å²) in [7, 11) is 0. The van der Waals surface area contributed by atoms with Gasteiger partial charge in [0.25, 0.3) is 0 Å². The average molecular weight is 466 g/mol. The zero-order valence-electron chi connectivity index (χ0n) is 17.6. The van der Waals surface area contributed by atoms with Crippen LogP contribution in [0.2, 0.25) is 0 Å². The maximum absolute atomic E-state index is 14.2. The molecular formula is C23H19FN4O4S. The van der Waals surface area contributed by atoms with E-state index in [1.54, 1.807) is 35.7 Å². The Bertz CT molecular complexity index is 1230. The molecular weight excluding hydrogens is 447 g/mol. The zero-order valence-corrected chi connectivity index (χ0v) is 18.4. The van der Waals surface area contributed by atoms with Gasteiger partial charge >= 0.3 is 5.97 Å². The first-order valence-corrected chi connectivity index (χ1v) is 10.9. The van der Waals surface area contributed by atoms with E-state index in [1.807, 2.05) is 6.07 Å². The molecule has 0 unspecified atom stereocenters. The normalized spacial score (nSPS) is 13.5. The van der Waals surface area contributed by atoms with Crippen molar-refractivity contribution in [3.8, 4) is 0 Å². The van der Waals surface area contributed by atoms with Crippen molar-refractivity contribution in [3.05, 3.63) is 71.5 Å². The summed E-state index contributed by atoms with van der Waals surface area (Å²) in [6.45, 7) is 1.16. The first kappa shape index (κ1) is 22.3. The first-order valence-electron chi connectivity index (χ1n) is 10.1. The number of hydrogen-bond donors (Lipinski definition) is 0. The molecule has 0 bridgehead atoms. The minimum absolute atomic E-state index is 0.0881. The summed E-state index contributed by atoms with van der Waals surface area (Å²) >= 11 is 1.13. The molecule has 168 valence electrons. The third-order valence-corrected chi connectivity index (χ3v) is 5.63. The number of benzene rings is 2. The number of carbonyl (C=O) groups excluding carboxylic acids is 3. The van der Waals surface area contributed by atoms with Crippen LogP contribution in [0.4, 0.5) is 20.9 Å². The van der Waals surface area contributed by atoms with Crippen molar-refractivity contribution in [2.75, 3.05) is 9.91 Å². The van der Waals surface area contributed by atoms with Crippen LogP contribution < -0.4 is 9.91 Å². The molecule has 2 amide bonds. The molecule has 33 heavy (non-hydrogen) atoms. The topological polar surface area (TPSA) is 92.2 Å². The number of halogens is 1. The van der Waals surface area contributed by atoms with Gasteiger partial charge in [-0.3, -0.25) is 14.5 Å². The molecule has 0 N–H and O–H groups in total. The lowest BCUT2D eigenvalue weighted by atomic mass is 10.1. The SMILES string of the molecule is CC(=O)N(c1nc(COC(=O)C2=NN(c3ccccc3)C(=O)CC2)cs1)c1ccccc1F. The van der Waals surface area contributed by atoms with Gasteiger partial charge in [-0.25, -0.2) is 19.2 Å². The molecule has 0 saturated carbocycles. The van der Waals surface area contributed by atoms with E-state index in [1.165, 1.54) is 35.0 Å². The highest BCUT2D eigenvalue weighted by molar-refractivity contribution is 7.14. The second kappa shape index (κ2) is 9.70. The predicted molar refractivity (Wildman–Crippen MR) is 122 cm³/mol. The predicted octanol–water partition coefficient (Wildman–Crippen LogP) is 4.19. The van der Waals surface area contributed by atoms with Crippen molar-refractivity contribution < 1.29 is 23.5 Å². The number of carbonyl (C=O) groups is 3. The third kappa shape index (κ3) is 4.96. The van der Waals surface area contributed by atoms with Gasteiger partial charge < -0.3 is 4.74 Å². The van der Waals surface area contributed by atoms with E-state index in [0.717, 1.165) is 11.3 Å². The van der Waals surface area contributed by atoms with Crippen LogP contribution in [-0.4, -0.2) is 28.5 Å². The van der Waals surface area contributed by atoms with E-state index in [-0.39, 0.29) is 41.9 Å². The highest BCUT2D eigenvalue weighted by Crippen LogP contribution is 2.31. The number of hydrazone groups is 1. The minimum atomic E-state index is -0.657. The van der Waals surface area contributed by atoms with Gasteiger partial charge in [0, 0.05) is 25.1 Å². The second-order valence-corrected chi connectivity index (χ2v) is 7.93. The van der Waals surface area contributed by atoms with Crippen LogP contribution in [0, 0.1) is 5.82 Å². The molecule has 1 aliphatic heterocycles. The van der Waals surface area contributed by atoms with Gasteiger partial charge in [-0.2, -0.15) is 5.10 Å². The number of para-hydroxylation sites is 2. The molecule has 0 saturated heterocycles. The lowest BCUT2D eigenvalue weighted by Gasteiger charge is -2.22. The Labute approximate surface area is 192 Å². The quantitative estimate of drug-likeness (QED) is 0.508. The second-order valence-electron chi connectivity index (χ2n) is 7.09. The molecule has 4 rings (SSSR count). The van der Waals surface area contributed by atoms with Crippen molar-refractivity contribution in [2.24, 2.45) is 5.10 Å². The number of amides is 2. The molecule has 3 aromatic rings. The summed E-state index contributed by atoms with van der Waals surface area (Å²) in [5.74, 6) is -1.82. The van der Waals surface area contributed by atoms with Crippen molar-refractivity contribution in [1.29, 1.82) is 0 Å². The van der Waals surface area contributed by atoms with Crippen LogP contribution in [0.15, 0.2) is 65.1 Å². The Kier molecular flexibility index (Phi) is 6.55. The van der Waals surface area contributed by atoms with Gasteiger partial charge in [-0.15, -0.1) is 11.3 Å². The number of anilines is 3. The van der Waals surface area contributed by atoms with E-state index < -0.39 is 17.7 Å². The van der Waals surface area contributed by atoms with Gasteiger partial charge in [0.05, 0.1) is 17.1 Å². The van der Waals surface area contributed by atoms with E-state index >= 15 is 0 Å². The van der Waals surface area contributed by atoms with Crippen molar-refractivity contribution in [1.82, 2.24) is 4.98 Å². The van der Waals surface area contributed by atoms with Gasteiger partial charge in [0.15, 0.2) is 5.13 Å². The maximum atomic E-state index is 14.2. The lowest BCUT2D eigenvalue weighted by Crippen LogP contribution is -2.34. The molecule has 0 radical (unpaired) electrons. The Hall–Kier alpha value is -3.92. The number of esters is 1. The summed E-state index contributed by atoms with van der Waals surface area (Å²) in [6.07, 6.45) is 0.314. The van der Waals surface area contributed by atoms with Crippen LogP contribution in [-0.2, 0) is 25.7 Å². The molecule has 0 fully saturated rings. The molecule has 10 heteroatoms. The molecule has 0 aliphatic carbocycles. The summed E-state index contributed by atoms with van der Waals surface area (Å²) in [5, 5.41) is 7.25. The van der Waals surface area contributed by atoms with E-state index in [2.05, 4.69) is 10.1 Å². The van der Waals surface area contributed by atoms with Crippen LogP contribution in [0.25, 0.3) is 0 Å². The Morgan fingerprint density at radius 3 is 2.58 bits per heavy atom.